The van der Waals surface area contributed by atoms with Crippen molar-refractivity contribution >= 4 is 11.8 Å². The maximum Gasteiger partial charge on any atom is 0.225 e. The minimum atomic E-state index is 0.0568. The molecule has 1 aliphatic heterocycles. The number of carbonyl (C=O) groups excluding carboxylic acids is 2. The summed E-state index contributed by atoms with van der Waals surface area (Å²) in [7, 11) is 0. The Bertz CT molecular complexity index is 650. The van der Waals surface area contributed by atoms with E-state index >= 15 is 0 Å². The molecule has 2 amide bonds. The zero-order valence-corrected chi connectivity index (χ0v) is 16.9. The average Bonchev–Trinajstić information content (AvgIpc) is 2.72. The van der Waals surface area contributed by atoms with Gasteiger partial charge in [-0.2, -0.15) is 0 Å². The summed E-state index contributed by atoms with van der Waals surface area (Å²) in [6.07, 6.45) is 7.97. The zero-order chi connectivity index (χ0) is 19.2. The number of hydrogen-bond acceptors (Lipinski definition) is 2. The molecule has 1 aliphatic carbocycles. The van der Waals surface area contributed by atoms with Crippen LogP contribution >= 0.6 is 0 Å². The van der Waals surface area contributed by atoms with Crippen molar-refractivity contribution in [1.29, 1.82) is 0 Å². The molecule has 1 saturated heterocycles. The highest BCUT2D eigenvalue weighted by Gasteiger charge is 2.34. The number of likely N-dealkylation sites (tertiary alicyclic amines) is 1. The van der Waals surface area contributed by atoms with Crippen LogP contribution in [0.25, 0.3) is 0 Å². The summed E-state index contributed by atoms with van der Waals surface area (Å²) in [6, 6.07) is 8.59. The highest BCUT2D eigenvalue weighted by molar-refractivity contribution is 5.81. The Morgan fingerprint density at radius 3 is 2.44 bits per heavy atom. The molecule has 0 aromatic heterocycles. The SMILES string of the molecule is CCC1CCCCN1C(=O)C1CCC(C(=O)NCc2ccccc2C)CC1. The minimum absolute atomic E-state index is 0.0568. The molecule has 1 aromatic rings. The predicted octanol–water partition coefficient (Wildman–Crippen LogP) is 4.21. The van der Waals surface area contributed by atoms with Crippen LogP contribution in [0, 0.1) is 18.8 Å². The van der Waals surface area contributed by atoms with E-state index in [4.69, 9.17) is 0 Å². The van der Waals surface area contributed by atoms with Crippen molar-refractivity contribution in [3.63, 3.8) is 0 Å². The van der Waals surface area contributed by atoms with E-state index in [0.29, 0.717) is 18.5 Å². The van der Waals surface area contributed by atoms with Crippen LogP contribution in [0.1, 0.15) is 69.4 Å². The number of nitrogens with zero attached hydrogens (tertiary/aromatic N) is 1. The van der Waals surface area contributed by atoms with E-state index in [-0.39, 0.29) is 17.7 Å². The Hall–Kier alpha value is -1.84. The van der Waals surface area contributed by atoms with Crippen molar-refractivity contribution < 1.29 is 9.59 Å². The van der Waals surface area contributed by atoms with Gasteiger partial charge in [0.25, 0.3) is 0 Å². The molecule has 0 bridgehead atoms. The van der Waals surface area contributed by atoms with E-state index in [1.807, 2.05) is 12.1 Å². The molecule has 4 nitrogen and oxygen atoms in total. The highest BCUT2D eigenvalue weighted by Crippen LogP contribution is 2.32. The van der Waals surface area contributed by atoms with Crippen molar-refractivity contribution in [2.24, 2.45) is 11.8 Å². The first-order chi connectivity index (χ1) is 13.1. The second-order valence-electron chi connectivity index (χ2n) is 8.28. The molecule has 2 aliphatic rings. The zero-order valence-electron chi connectivity index (χ0n) is 16.9. The van der Waals surface area contributed by atoms with Crippen molar-refractivity contribution in [3.05, 3.63) is 35.4 Å². The quantitative estimate of drug-likeness (QED) is 0.844. The fourth-order valence-electron chi connectivity index (χ4n) is 4.69. The molecule has 3 rings (SSSR count). The van der Waals surface area contributed by atoms with Gasteiger partial charge in [0.2, 0.25) is 11.8 Å². The lowest BCUT2D eigenvalue weighted by molar-refractivity contribution is -0.142. The van der Waals surface area contributed by atoms with E-state index in [1.54, 1.807) is 0 Å². The molecule has 0 radical (unpaired) electrons. The van der Waals surface area contributed by atoms with Gasteiger partial charge in [0, 0.05) is 31.0 Å². The molecule has 2 fully saturated rings. The first-order valence-electron chi connectivity index (χ1n) is 10.7. The Morgan fingerprint density at radius 1 is 1.04 bits per heavy atom. The number of nitrogens with one attached hydrogen (secondary N) is 1. The molecule has 1 saturated carbocycles. The highest BCUT2D eigenvalue weighted by atomic mass is 16.2. The van der Waals surface area contributed by atoms with Crippen molar-refractivity contribution in [1.82, 2.24) is 10.2 Å². The van der Waals surface area contributed by atoms with Crippen molar-refractivity contribution in [2.45, 2.75) is 77.8 Å². The molecule has 1 unspecified atom stereocenters. The Kier molecular flexibility index (Phi) is 6.92. The maximum absolute atomic E-state index is 13.0. The lowest BCUT2D eigenvalue weighted by Gasteiger charge is -2.39. The van der Waals surface area contributed by atoms with E-state index in [0.717, 1.165) is 51.5 Å². The molecule has 1 atom stereocenters. The van der Waals surface area contributed by atoms with Crippen LogP contribution in [-0.2, 0) is 16.1 Å². The number of piperidine rings is 1. The van der Waals surface area contributed by atoms with Gasteiger partial charge in [0.05, 0.1) is 0 Å². The lowest BCUT2D eigenvalue weighted by Crippen LogP contribution is -2.47. The van der Waals surface area contributed by atoms with Gasteiger partial charge in [-0.05, 0) is 69.4 Å². The van der Waals surface area contributed by atoms with E-state index < -0.39 is 0 Å². The van der Waals surface area contributed by atoms with Gasteiger partial charge >= 0.3 is 0 Å². The lowest BCUT2D eigenvalue weighted by atomic mass is 9.80. The third-order valence-electron chi connectivity index (χ3n) is 6.54. The monoisotopic (exact) mass is 370 g/mol. The number of carbonyl (C=O) groups is 2. The summed E-state index contributed by atoms with van der Waals surface area (Å²) in [4.78, 5) is 27.7. The maximum atomic E-state index is 13.0. The number of hydrogen-bond donors (Lipinski definition) is 1. The molecular weight excluding hydrogens is 336 g/mol. The fourth-order valence-corrected chi connectivity index (χ4v) is 4.69. The molecule has 148 valence electrons. The smallest absolute Gasteiger partial charge is 0.225 e. The number of benzene rings is 1. The summed E-state index contributed by atoms with van der Waals surface area (Å²) in [6.45, 7) is 5.78. The second kappa shape index (κ2) is 9.38. The van der Waals surface area contributed by atoms with Crippen LogP contribution in [-0.4, -0.2) is 29.3 Å². The van der Waals surface area contributed by atoms with Gasteiger partial charge in [-0.1, -0.05) is 31.2 Å². The first kappa shape index (κ1) is 19.9. The topological polar surface area (TPSA) is 49.4 Å². The van der Waals surface area contributed by atoms with Gasteiger partial charge in [0.15, 0.2) is 0 Å². The Balaban J connectivity index is 1.47. The van der Waals surface area contributed by atoms with Crippen LogP contribution in [0.5, 0.6) is 0 Å². The molecule has 27 heavy (non-hydrogen) atoms. The summed E-state index contributed by atoms with van der Waals surface area (Å²) in [5, 5.41) is 3.10. The Labute approximate surface area is 163 Å². The largest absolute Gasteiger partial charge is 0.352 e. The molecule has 4 heteroatoms. The van der Waals surface area contributed by atoms with Crippen LogP contribution in [0.2, 0.25) is 0 Å². The minimum Gasteiger partial charge on any atom is -0.352 e. The van der Waals surface area contributed by atoms with E-state index in [2.05, 4.69) is 36.2 Å². The third-order valence-corrected chi connectivity index (χ3v) is 6.54. The van der Waals surface area contributed by atoms with Crippen LogP contribution < -0.4 is 5.32 Å². The van der Waals surface area contributed by atoms with Crippen LogP contribution in [0.4, 0.5) is 0 Å². The number of amides is 2. The van der Waals surface area contributed by atoms with Gasteiger partial charge in [-0.3, -0.25) is 9.59 Å². The normalized spacial score (nSPS) is 25.9. The van der Waals surface area contributed by atoms with Gasteiger partial charge in [-0.15, -0.1) is 0 Å². The summed E-state index contributed by atoms with van der Waals surface area (Å²) in [5.74, 6) is 0.674. The molecule has 1 aromatic carbocycles. The molecule has 1 N–H and O–H groups in total. The summed E-state index contributed by atoms with van der Waals surface area (Å²) >= 11 is 0. The average molecular weight is 371 g/mol. The summed E-state index contributed by atoms with van der Waals surface area (Å²) < 4.78 is 0. The molecule has 0 spiro atoms. The van der Waals surface area contributed by atoms with Crippen LogP contribution in [0.15, 0.2) is 24.3 Å². The van der Waals surface area contributed by atoms with E-state index in [9.17, 15) is 9.59 Å². The Morgan fingerprint density at radius 2 is 1.74 bits per heavy atom. The summed E-state index contributed by atoms with van der Waals surface area (Å²) in [5.41, 5.74) is 2.38. The number of rotatable bonds is 5. The number of aryl methyl sites for hydroxylation is 1. The van der Waals surface area contributed by atoms with Gasteiger partial charge in [-0.25, -0.2) is 0 Å². The molecule has 1 heterocycles. The molecular formula is C23H34N2O2. The van der Waals surface area contributed by atoms with Crippen molar-refractivity contribution in [3.8, 4) is 0 Å². The van der Waals surface area contributed by atoms with Gasteiger partial charge < -0.3 is 10.2 Å². The third kappa shape index (κ3) is 4.91. The van der Waals surface area contributed by atoms with E-state index in [1.165, 1.54) is 17.5 Å². The standard InChI is InChI=1S/C23H34N2O2/c1-3-21-10-6-7-15-25(21)23(27)19-13-11-18(12-14-19)22(26)24-16-20-9-5-4-8-17(20)2/h4-5,8-9,18-19,21H,3,6-7,10-16H2,1-2H3,(H,24,26). The fraction of sp³-hybridized carbons (Fsp3) is 0.652. The second-order valence-corrected chi connectivity index (χ2v) is 8.28. The van der Waals surface area contributed by atoms with Crippen LogP contribution in [0.3, 0.4) is 0 Å². The van der Waals surface area contributed by atoms with Gasteiger partial charge in [0.1, 0.15) is 0 Å². The van der Waals surface area contributed by atoms with Crippen molar-refractivity contribution in [2.75, 3.05) is 6.54 Å². The predicted molar refractivity (Wildman–Crippen MR) is 108 cm³/mol. The first-order valence-corrected chi connectivity index (χ1v) is 10.7.